The fourth-order valence-corrected chi connectivity index (χ4v) is 3.93. The van der Waals surface area contributed by atoms with Crippen molar-refractivity contribution >= 4 is 20.4 Å². The standard InChI is InChI=1S/C8H13BNOP/c9-12(10-6-7-11-12)8-4-2-1-3-5-8/h1-5,10,12H,6-7,9H2. The monoisotopic (exact) mass is 181 g/mol. The van der Waals surface area contributed by atoms with Crippen molar-refractivity contribution in [3.05, 3.63) is 30.3 Å². The first-order chi connectivity index (χ1) is 5.81. The summed E-state index contributed by atoms with van der Waals surface area (Å²) in [7, 11) is 0.491. The van der Waals surface area contributed by atoms with E-state index in [2.05, 4.69) is 36.9 Å². The molecule has 1 saturated heterocycles. The van der Waals surface area contributed by atoms with Gasteiger partial charge >= 0.3 is 73.5 Å². The van der Waals surface area contributed by atoms with E-state index in [0.29, 0.717) is 0 Å². The van der Waals surface area contributed by atoms with Gasteiger partial charge in [0.25, 0.3) is 0 Å². The molecule has 1 fully saturated rings. The van der Waals surface area contributed by atoms with E-state index in [-0.39, 0.29) is 0 Å². The van der Waals surface area contributed by atoms with E-state index < -0.39 is 7.52 Å². The van der Waals surface area contributed by atoms with Crippen molar-refractivity contribution in [3.63, 3.8) is 0 Å². The molecule has 0 aromatic heterocycles. The predicted octanol–water partition coefficient (Wildman–Crippen LogP) is 0.0597. The van der Waals surface area contributed by atoms with Crippen molar-refractivity contribution in [1.29, 1.82) is 0 Å². The Morgan fingerprint density at radius 2 is 2.08 bits per heavy atom. The van der Waals surface area contributed by atoms with Crippen LogP contribution in [0.4, 0.5) is 0 Å². The number of benzene rings is 1. The number of nitrogens with one attached hydrogen (secondary N) is 1. The van der Waals surface area contributed by atoms with E-state index in [9.17, 15) is 0 Å². The fraction of sp³-hybridized carbons (Fsp3) is 0.250. The first-order valence-electron chi connectivity index (χ1n) is 4.26. The van der Waals surface area contributed by atoms with Crippen LogP contribution in [0, 0.1) is 0 Å². The quantitative estimate of drug-likeness (QED) is 0.488. The van der Waals surface area contributed by atoms with Crippen molar-refractivity contribution in [2.45, 2.75) is 0 Å². The molecule has 1 heterocycles. The second kappa shape index (κ2) is 3.17. The zero-order valence-corrected chi connectivity index (χ0v) is 8.21. The molecule has 1 aromatic carbocycles. The summed E-state index contributed by atoms with van der Waals surface area (Å²) < 4.78 is 5.75. The molecular formula is C8H13BNOP. The van der Waals surface area contributed by atoms with E-state index in [0.717, 1.165) is 13.2 Å². The van der Waals surface area contributed by atoms with E-state index in [1.807, 2.05) is 6.07 Å². The molecule has 0 saturated carbocycles. The van der Waals surface area contributed by atoms with Gasteiger partial charge in [-0.2, -0.15) is 0 Å². The van der Waals surface area contributed by atoms with E-state index in [1.165, 1.54) is 5.30 Å². The Morgan fingerprint density at radius 3 is 2.67 bits per heavy atom. The molecule has 0 radical (unpaired) electrons. The van der Waals surface area contributed by atoms with Gasteiger partial charge in [-0.25, -0.2) is 0 Å². The van der Waals surface area contributed by atoms with Crippen molar-refractivity contribution in [2.24, 2.45) is 0 Å². The average Bonchev–Trinajstić information content (AvgIpc) is 2.55. The molecule has 1 aliphatic rings. The molecular weight excluding hydrogens is 168 g/mol. The summed E-state index contributed by atoms with van der Waals surface area (Å²) in [5.41, 5.74) is 0. The van der Waals surface area contributed by atoms with Crippen molar-refractivity contribution in [1.82, 2.24) is 5.09 Å². The molecule has 2 nitrogen and oxygen atoms in total. The average molecular weight is 181 g/mol. The van der Waals surface area contributed by atoms with Gasteiger partial charge in [-0.15, -0.1) is 0 Å². The Labute approximate surface area is 74.2 Å². The van der Waals surface area contributed by atoms with Gasteiger partial charge in [-0.1, -0.05) is 0 Å². The van der Waals surface area contributed by atoms with Gasteiger partial charge < -0.3 is 0 Å². The SMILES string of the molecule is B[PH]1(c2ccccc2)NCCO1. The van der Waals surface area contributed by atoms with Gasteiger partial charge in [0.15, 0.2) is 0 Å². The number of rotatable bonds is 1. The molecule has 0 bridgehead atoms. The molecule has 64 valence electrons. The summed E-state index contributed by atoms with van der Waals surface area (Å²) in [6.07, 6.45) is 0. The third-order valence-electron chi connectivity index (χ3n) is 2.28. The van der Waals surface area contributed by atoms with Gasteiger partial charge in [0.2, 0.25) is 0 Å². The maximum atomic E-state index is 5.75. The molecule has 2 rings (SSSR count). The first-order valence-corrected chi connectivity index (χ1v) is 6.67. The molecule has 1 N–H and O–H groups in total. The van der Waals surface area contributed by atoms with Crippen LogP contribution in [0.3, 0.4) is 0 Å². The molecule has 4 heteroatoms. The summed E-state index contributed by atoms with van der Waals surface area (Å²) in [6.45, 7) is 1.86. The van der Waals surface area contributed by atoms with Crippen LogP contribution in [0.1, 0.15) is 0 Å². The van der Waals surface area contributed by atoms with Crippen LogP contribution in [0.2, 0.25) is 0 Å². The molecule has 1 aliphatic heterocycles. The molecule has 0 unspecified atom stereocenters. The second-order valence-corrected chi connectivity index (χ2v) is 6.46. The van der Waals surface area contributed by atoms with Gasteiger partial charge in [-0.3, -0.25) is 0 Å². The van der Waals surface area contributed by atoms with Crippen molar-refractivity contribution in [3.8, 4) is 0 Å². The summed E-state index contributed by atoms with van der Waals surface area (Å²) in [6, 6.07) is 10.5. The van der Waals surface area contributed by atoms with Gasteiger partial charge in [0.05, 0.1) is 0 Å². The van der Waals surface area contributed by atoms with Crippen LogP contribution in [-0.4, -0.2) is 20.7 Å². The second-order valence-electron chi connectivity index (χ2n) is 3.17. The van der Waals surface area contributed by atoms with Crippen molar-refractivity contribution < 1.29 is 4.52 Å². The minimum absolute atomic E-state index is 0.859. The summed E-state index contributed by atoms with van der Waals surface area (Å²) >= 11 is 0. The Bertz CT molecular complexity index is 261. The summed E-state index contributed by atoms with van der Waals surface area (Å²) in [4.78, 5) is 0. The van der Waals surface area contributed by atoms with E-state index in [1.54, 1.807) is 0 Å². The molecule has 1 aromatic rings. The van der Waals surface area contributed by atoms with Gasteiger partial charge in [0, 0.05) is 0 Å². The van der Waals surface area contributed by atoms with Crippen molar-refractivity contribution in [2.75, 3.05) is 13.2 Å². The Morgan fingerprint density at radius 1 is 1.33 bits per heavy atom. The van der Waals surface area contributed by atoms with Crippen LogP contribution in [0.15, 0.2) is 30.3 Å². The number of hydrogen-bond acceptors (Lipinski definition) is 2. The van der Waals surface area contributed by atoms with Gasteiger partial charge in [-0.05, 0) is 0 Å². The predicted molar refractivity (Wildman–Crippen MR) is 56.9 cm³/mol. The van der Waals surface area contributed by atoms with Crippen LogP contribution in [-0.2, 0) is 4.52 Å². The third-order valence-corrected chi connectivity index (χ3v) is 5.42. The van der Waals surface area contributed by atoms with E-state index >= 15 is 0 Å². The Kier molecular flexibility index (Phi) is 2.18. The fourth-order valence-electron chi connectivity index (χ4n) is 1.54. The topological polar surface area (TPSA) is 21.3 Å². The van der Waals surface area contributed by atoms with Crippen LogP contribution in [0.5, 0.6) is 0 Å². The van der Waals surface area contributed by atoms with Crippen LogP contribution < -0.4 is 10.4 Å². The molecule has 0 amide bonds. The van der Waals surface area contributed by atoms with Crippen LogP contribution in [0.25, 0.3) is 0 Å². The third kappa shape index (κ3) is 1.40. The molecule has 0 aliphatic carbocycles. The first kappa shape index (κ1) is 8.24. The van der Waals surface area contributed by atoms with E-state index in [4.69, 9.17) is 4.52 Å². The van der Waals surface area contributed by atoms with Gasteiger partial charge in [0.1, 0.15) is 0 Å². The summed E-state index contributed by atoms with van der Waals surface area (Å²) in [5.74, 6) is 0. The maximum absolute atomic E-state index is 5.75. The molecule has 0 spiro atoms. The molecule has 12 heavy (non-hydrogen) atoms. The zero-order chi connectivity index (χ0) is 8.44. The Hall–Kier alpha value is -0.365. The number of hydrogen-bond donors (Lipinski definition) is 1. The minimum atomic E-state index is -1.71. The van der Waals surface area contributed by atoms with Crippen LogP contribution >= 0.6 is 7.52 Å². The zero-order valence-electron chi connectivity index (χ0n) is 7.21. The molecule has 0 atom stereocenters. The normalized spacial score (nSPS) is 23.7. The summed E-state index contributed by atoms with van der Waals surface area (Å²) in [5, 5.41) is 4.80. The Balaban J connectivity index is 2.29.